The minimum Gasteiger partial charge on any atom is -0.309 e. The van der Waals surface area contributed by atoms with Crippen molar-refractivity contribution in [1.29, 1.82) is 0 Å². The van der Waals surface area contributed by atoms with Crippen molar-refractivity contribution in [2.75, 3.05) is 12.5 Å². The molecule has 0 aliphatic heterocycles. The fourth-order valence-electron chi connectivity index (χ4n) is 9.35. The summed E-state index contributed by atoms with van der Waals surface area (Å²) in [6.45, 7) is 0. The topological polar surface area (TPSA) is 34.2 Å². The Bertz CT molecular complexity index is 3760. The van der Waals surface area contributed by atoms with Crippen LogP contribution in [0.1, 0.15) is 11.1 Å². The average Bonchev–Trinajstić information content (AvgIpc) is 4.00. The number of allylic oxidation sites excluding steroid dienone is 1. The second-order valence-electron chi connectivity index (χ2n) is 16.0. The van der Waals surface area contributed by atoms with Crippen LogP contribution in [0.3, 0.4) is 0 Å². The molecule has 298 valence electrons. The molecule has 12 rings (SSSR count). The third-order valence-electron chi connectivity index (χ3n) is 12.4. The number of aliphatic imine (C=N–C) groups is 1. The fraction of sp³-hybridized carbons (Fsp3) is 0.0172. The Morgan fingerprint density at radius 3 is 1.65 bits per heavy atom. The summed E-state index contributed by atoms with van der Waals surface area (Å²) in [5.74, 6) is 0. The van der Waals surface area contributed by atoms with Gasteiger partial charge in [-0.25, -0.2) is 0 Å². The molecule has 0 saturated carbocycles. The summed E-state index contributed by atoms with van der Waals surface area (Å²) in [5, 5.41) is 7.49. The predicted octanol–water partition coefficient (Wildman–Crippen LogP) is 15.3. The lowest BCUT2D eigenvalue weighted by Gasteiger charge is -2.16. The van der Waals surface area contributed by atoms with E-state index in [1.165, 1.54) is 75.0 Å². The molecule has 0 bridgehead atoms. The molecule has 0 spiro atoms. The van der Waals surface area contributed by atoms with Gasteiger partial charge in [0.2, 0.25) is 0 Å². The molecule has 0 aliphatic carbocycles. The van der Waals surface area contributed by atoms with Gasteiger partial charge in [-0.15, -0.1) is 11.3 Å². The number of rotatable bonds is 8. The highest BCUT2D eigenvalue weighted by atomic mass is 32.1. The van der Waals surface area contributed by atoms with E-state index in [9.17, 15) is 0 Å². The van der Waals surface area contributed by atoms with Crippen LogP contribution < -0.4 is 5.43 Å². The molecule has 0 radical (unpaired) electrons. The van der Waals surface area contributed by atoms with E-state index in [2.05, 4.69) is 227 Å². The molecule has 63 heavy (non-hydrogen) atoms. The van der Waals surface area contributed by atoms with Crippen LogP contribution in [0.25, 0.3) is 97.4 Å². The monoisotopic (exact) mass is 824 g/mol. The van der Waals surface area contributed by atoms with Crippen molar-refractivity contribution in [3.8, 4) is 27.9 Å². The first-order chi connectivity index (χ1) is 31.2. The second kappa shape index (κ2) is 15.2. The number of benzene rings is 9. The summed E-state index contributed by atoms with van der Waals surface area (Å²) < 4.78 is 7.28. The van der Waals surface area contributed by atoms with Crippen LogP contribution in [-0.4, -0.2) is 22.0 Å². The number of thiophene rings is 1. The molecular weight excluding hydrogens is 785 g/mol. The average molecular weight is 825 g/mol. The van der Waals surface area contributed by atoms with Crippen LogP contribution in [-0.2, 0) is 0 Å². The van der Waals surface area contributed by atoms with E-state index in [0.29, 0.717) is 0 Å². The van der Waals surface area contributed by atoms with Crippen molar-refractivity contribution in [2.45, 2.75) is 0 Å². The largest absolute Gasteiger partial charge is 0.309 e. The lowest BCUT2D eigenvalue weighted by molar-refractivity contribution is 1.06. The molecule has 0 atom stereocenters. The molecule has 3 heterocycles. The van der Waals surface area contributed by atoms with Gasteiger partial charge >= 0.3 is 0 Å². The number of nitrogens with one attached hydrogen (secondary N) is 1. The van der Waals surface area contributed by atoms with Crippen molar-refractivity contribution >= 4 is 86.5 Å². The zero-order valence-electron chi connectivity index (χ0n) is 34.5. The molecule has 1 N–H and O–H groups in total. The van der Waals surface area contributed by atoms with E-state index in [4.69, 9.17) is 4.99 Å². The number of hydrogen-bond donors (Lipinski definition) is 1. The first kappa shape index (κ1) is 36.8. The summed E-state index contributed by atoms with van der Waals surface area (Å²) in [6, 6.07) is 76.6. The highest BCUT2D eigenvalue weighted by Gasteiger charge is 2.17. The molecule has 9 aromatic carbocycles. The summed E-state index contributed by atoms with van der Waals surface area (Å²) in [7, 11) is 1.85. The normalized spacial score (nSPS) is 12.4. The number of fused-ring (bicyclic) bond motifs is 9. The summed E-state index contributed by atoms with van der Waals surface area (Å²) in [4.78, 5) is 4.70. The van der Waals surface area contributed by atoms with E-state index < -0.39 is 0 Å². The number of nitrogens with zero attached hydrogens (tertiary/aromatic N) is 3. The number of aromatic nitrogens is 2. The number of hydrogen-bond acceptors (Lipinski definition) is 3. The van der Waals surface area contributed by atoms with Gasteiger partial charge in [-0.2, -0.15) is 0 Å². The van der Waals surface area contributed by atoms with Crippen molar-refractivity contribution in [3.05, 3.63) is 230 Å². The zero-order chi connectivity index (χ0) is 41.9. The van der Waals surface area contributed by atoms with Crippen LogP contribution in [0.4, 0.5) is 0 Å². The fourth-order valence-corrected chi connectivity index (χ4v) is 10.4. The third-order valence-corrected chi connectivity index (χ3v) is 13.6. The zero-order valence-corrected chi connectivity index (χ0v) is 35.4. The molecule has 5 heteroatoms. The van der Waals surface area contributed by atoms with Gasteiger partial charge in [-0.05, 0) is 106 Å². The first-order valence-corrected chi connectivity index (χ1v) is 22.2. The van der Waals surface area contributed by atoms with Crippen molar-refractivity contribution in [1.82, 2.24) is 9.24 Å². The molecule has 4 nitrogen and oxygen atoms in total. The molecule has 0 unspecified atom stereocenters. The molecule has 0 fully saturated rings. The Morgan fingerprint density at radius 2 is 0.921 bits per heavy atom. The molecule has 0 saturated heterocycles. The Labute approximate surface area is 368 Å². The van der Waals surface area contributed by atoms with Crippen LogP contribution in [0.15, 0.2) is 223 Å². The molecule has 0 aliphatic rings. The lowest BCUT2D eigenvalue weighted by Crippen LogP contribution is -2.15. The van der Waals surface area contributed by atoms with Gasteiger partial charge in [0.25, 0.3) is 0 Å². The maximum Gasteiger partial charge on any atom is 0.0710 e. The smallest absolute Gasteiger partial charge is 0.0710 e. The Morgan fingerprint density at radius 1 is 0.429 bits per heavy atom. The van der Waals surface area contributed by atoms with Gasteiger partial charge in [-0.3, -0.25) is 15.1 Å². The van der Waals surface area contributed by atoms with E-state index in [-0.39, 0.29) is 0 Å². The van der Waals surface area contributed by atoms with Gasteiger partial charge in [0.1, 0.15) is 0 Å². The third kappa shape index (κ3) is 6.32. The number of para-hydroxylation sites is 2. The van der Waals surface area contributed by atoms with Gasteiger partial charge in [-0.1, -0.05) is 146 Å². The van der Waals surface area contributed by atoms with Gasteiger partial charge < -0.3 is 4.57 Å². The predicted molar refractivity (Wildman–Crippen MR) is 270 cm³/mol. The van der Waals surface area contributed by atoms with E-state index in [0.717, 1.165) is 39.3 Å². The maximum absolute atomic E-state index is 4.70. The summed E-state index contributed by atoms with van der Waals surface area (Å²) in [5.41, 5.74) is 18.4. The highest BCUT2D eigenvalue weighted by Crippen LogP contribution is 2.39. The summed E-state index contributed by atoms with van der Waals surface area (Å²) in [6.07, 6.45) is 2.15. The van der Waals surface area contributed by atoms with E-state index in [1.54, 1.807) is 0 Å². The van der Waals surface area contributed by atoms with Crippen LogP contribution in [0.2, 0.25) is 0 Å². The maximum atomic E-state index is 4.70. The van der Waals surface area contributed by atoms with E-state index in [1.807, 2.05) is 24.5 Å². The summed E-state index contributed by atoms with van der Waals surface area (Å²) >= 11 is 1.86. The highest BCUT2D eigenvalue weighted by molar-refractivity contribution is 7.25. The quantitative estimate of drug-likeness (QED) is 0.152. The Hall–Kier alpha value is -7.99. The van der Waals surface area contributed by atoms with Gasteiger partial charge in [0.05, 0.1) is 33.5 Å². The van der Waals surface area contributed by atoms with Crippen molar-refractivity contribution < 1.29 is 0 Å². The molecule has 12 aromatic rings. The first-order valence-electron chi connectivity index (χ1n) is 21.3. The Balaban J connectivity index is 0.928. The van der Waals surface area contributed by atoms with Gasteiger partial charge in [0, 0.05) is 54.5 Å². The molecule has 0 amide bonds. The van der Waals surface area contributed by atoms with Crippen LogP contribution >= 0.6 is 11.3 Å². The second-order valence-corrected chi connectivity index (χ2v) is 17.1. The van der Waals surface area contributed by atoms with Crippen molar-refractivity contribution in [3.63, 3.8) is 0 Å². The van der Waals surface area contributed by atoms with Gasteiger partial charge in [0.15, 0.2) is 0 Å². The van der Waals surface area contributed by atoms with Crippen LogP contribution in [0, 0.1) is 0 Å². The van der Waals surface area contributed by atoms with Crippen molar-refractivity contribution in [2.24, 2.45) is 4.99 Å². The standard InChI is InChI=1S/C58H40N4S/c1-59-51(39-14-4-2-5-15-39)37-52(40-16-6-3-7-17-40)60-62-55-22-12-9-19-46(55)49-35-43(27-32-56(49)62)42-26-31-54-48(34-42)45-18-8-11-21-53(45)61(54)44-29-24-38(25-30-44)41-28-33-58-50(36-41)47-20-10-13-23-57(47)63-58/h2-37,60H,1H3/b52-37-,59-51+. The minimum atomic E-state index is 0.902. The molecular formula is C58H40N4S. The molecule has 3 aromatic heterocycles. The van der Waals surface area contributed by atoms with E-state index >= 15 is 0 Å². The minimum absolute atomic E-state index is 0.902. The lowest BCUT2D eigenvalue weighted by atomic mass is 10.0. The Kier molecular flexibility index (Phi) is 8.87. The SMILES string of the molecule is C/N=C(\C=C(/Nn1c2ccccc2c2cc(-c3ccc4c(c3)c3ccccc3n4-c3ccc(-c4ccc5sc6ccccc6c5c4)cc3)ccc21)c1ccccc1)c1ccccc1. The van der Waals surface area contributed by atoms with Crippen LogP contribution in [0.5, 0.6) is 0 Å².